The van der Waals surface area contributed by atoms with Gasteiger partial charge in [-0.05, 0) is 43.4 Å². The molecule has 1 aliphatic carbocycles. The summed E-state index contributed by atoms with van der Waals surface area (Å²) in [7, 11) is 0. The molecule has 0 heterocycles. The summed E-state index contributed by atoms with van der Waals surface area (Å²) < 4.78 is 0. The first-order valence-electron chi connectivity index (χ1n) is 6.69. The molecule has 0 bridgehead atoms. The van der Waals surface area contributed by atoms with Crippen molar-refractivity contribution in [3.63, 3.8) is 0 Å². The Balaban J connectivity index is 2.14. The van der Waals surface area contributed by atoms with Crippen LogP contribution in [-0.4, -0.2) is 11.9 Å². The van der Waals surface area contributed by atoms with Crippen LogP contribution in [0.25, 0.3) is 0 Å². The van der Waals surface area contributed by atoms with Crippen LogP contribution in [0.5, 0.6) is 0 Å². The minimum absolute atomic E-state index is 0.165. The molecule has 2 rings (SSSR count). The lowest BCUT2D eigenvalue weighted by atomic mass is 9.94. The molecule has 0 aromatic heterocycles. The Morgan fingerprint density at radius 1 is 1.39 bits per heavy atom. The SMILES string of the molecule is CCC(CC)NC(=O)C1(c2cccc(Cl)c2)CC1. The van der Waals surface area contributed by atoms with Crippen molar-refractivity contribution in [2.24, 2.45) is 0 Å². The van der Waals surface area contributed by atoms with Gasteiger partial charge in [0.1, 0.15) is 0 Å². The van der Waals surface area contributed by atoms with Crippen molar-refractivity contribution in [2.45, 2.75) is 51.0 Å². The third-order valence-electron chi connectivity index (χ3n) is 3.88. The summed E-state index contributed by atoms with van der Waals surface area (Å²) in [6.45, 7) is 4.21. The molecule has 1 saturated carbocycles. The van der Waals surface area contributed by atoms with Gasteiger partial charge in [0.15, 0.2) is 0 Å². The second kappa shape index (κ2) is 5.31. The maximum atomic E-state index is 12.4. The fraction of sp³-hybridized carbons (Fsp3) is 0.533. The molecular formula is C15H20ClNO. The van der Waals surface area contributed by atoms with Gasteiger partial charge in [0.05, 0.1) is 5.41 Å². The van der Waals surface area contributed by atoms with Gasteiger partial charge < -0.3 is 5.32 Å². The summed E-state index contributed by atoms with van der Waals surface area (Å²) in [5, 5.41) is 3.86. The predicted octanol–water partition coefficient (Wildman–Crippen LogP) is 3.68. The summed E-state index contributed by atoms with van der Waals surface area (Å²) in [4.78, 5) is 12.4. The summed E-state index contributed by atoms with van der Waals surface area (Å²) in [5.74, 6) is 0.165. The largest absolute Gasteiger partial charge is 0.353 e. The smallest absolute Gasteiger partial charge is 0.230 e. The van der Waals surface area contributed by atoms with Crippen molar-refractivity contribution in [3.8, 4) is 0 Å². The lowest BCUT2D eigenvalue weighted by molar-refractivity contribution is -0.124. The van der Waals surface area contributed by atoms with Gasteiger partial charge in [-0.25, -0.2) is 0 Å². The van der Waals surface area contributed by atoms with E-state index in [1.165, 1.54) is 0 Å². The molecule has 0 radical (unpaired) electrons. The maximum absolute atomic E-state index is 12.4. The van der Waals surface area contributed by atoms with Gasteiger partial charge >= 0.3 is 0 Å². The molecule has 0 spiro atoms. The van der Waals surface area contributed by atoms with Gasteiger partial charge in [-0.15, -0.1) is 0 Å². The summed E-state index contributed by atoms with van der Waals surface area (Å²) in [5.41, 5.74) is 0.742. The van der Waals surface area contributed by atoms with Crippen molar-refractivity contribution < 1.29 is 4.79 Å². The van der Waals surface area contributed by atoms with Crippen LogP contribution in [0.3, 0.4) is 0 Å². The summed E-state index contributed by atoms with van der Waals surface area (Å²) in [6, 6.07) is 7.98. The van der Waals surface area contributed by atoms with E-state index in [0.29, 0.717) is 5.02 Å². The van der Waals surface area contributed by atoms with E-state index in [0.717, 1.165) is 31.2 Å². The lowest BCUT2D eigenvalue weighted by Crippen LogP contribution is -2.41. The predicted molar refractivity (Wildman–Crippen MR) is 74.9 cm³/mol. The zero-order chi connectivity index (χ0) is 13.2. The molecule has 2 nitrogen and oxygen atoms in total. The molecule has 1 fully saturated rings. The molecule has 1 aromatic carbocycles. The molecule has 0 aliphatic heterocycles. The normalized spacial score (nSPS) is 16.7. The van der Waals surface area contributed by atoms with E-state index in [1.807, 2.05) is 24.3 Å². The fourth-order valence-electron chi connectivity index (χ4n) is 2.37. The van der Waals surface area contributed by atoms with E-state index in [2.05, 4.69) is 19.2 Å². The van der Waals surface area contributed by atoms with E-state index in [4.69, 9.17) is 11.6 Å². The number of carbonyl (C=O) groups excluding carboxylic acids is 1. The number of halogens is 1. The van der Waals surface area contributed by atoms with Crippen molar-refractivity contribution >= 4 is 17.5 Å². The van der Waals surface area contributed by atoms with Gasteiger partial charge in [-0.3, -0.25) is 4.79 Å². The van der Waals surface area contributed by atoms with Gasteiger partial charge in [0.25, 0.3) is 0 Å². The number of rotatable bonds is 5. The van der Waals surface area contributed by atoms with Crippen LogP contribution < -0.4 is 5.32 Å². The number of amides is 1. The highest BCUT2D eigenvalue weighted by Crippen LogP contribution is 2.48. The van der Waals surface area contributed by atoms with Crippen LogP contribution in [0.1, 0.15) is 45.1 Å². The lowest BCUT2D eigenvalue weighted by Gasteiger charge is -2.21. The van der Waals surface area contributed by atoms with Crippen LogP contribution >= 0.6 is 11.6 Å². The third-order valence-corrected chi connectivity index (χ3v) is 4.12. The third kappa shape index (κ3) is 2.54. The quantitative estimate of drug-likeness (QED) is 0.865. The molecule has 1 aliphatic rings. The number of carbonyl (C=O) groups is 1. The monoisotopic (exact) mass is 265 g/mol. The van der Waals surface area contributed by atoms with Gasteiger partial charge in [-0.2, -0.15) is 0 Å². The van der Waals surface area contributed by atoms with E-state index in [-0.39, 0.29) is 17.4 Å². The van der Waals surface area contributed by atoms with E-state index < -0.39 is 0 Å². The molecule has 0 saturated heterocycles. The molecule has 1 amide bonds. The van der Waals surface area contributed by atoms with Crippen LogP contribution in [0.2, 0.25) is 5.02 Å². The molecule has 1 aromatic rings. The zero-order valence-electron chi connectivity index (χ0n) is 11.0. The molecule has 18 heavy (non-hydrogen) atoms. The molecule has 1 N–H and O–H groups in total. The highest BCUT2D eigenvalue weighted by Gasteiger charge is 2.51. The molecule has 3 heteroatoms. The first kappa shape index (κ1) is 13.4. The molecule has 0 unspecified atom stereocenters. The Morgan fingerprint density at radius 2 is 2.06 bits per heavy atom. The second-order valence-electron chi connectivity index (χ2n) is 5.08. The number of hydrogen-bond donors (Lipinski definition) is 1. The number of hydrogen-bond acceptors (Lipinski definition) is 1. The Hall–Kier alpha value is -1.02. The van der Waals surface area contributed by atoms with Crippen molar-refractivity contribution in [2.75, 3.05) is 0 Å². The second-order valence-corrected chi connectivity index (χ2v) is 5.52. The van der Waals surface area contributed by atoms with E-state index >= 15 is 0 Å². The number of nitrogens with one attached hydrogen (secondary N) is 1. The Bertz CT molecular complexity index is 436. The molecule has 98 valence electrons. The van der Waals surface area contributed by atoms with Gasteiger partial charge in [0.2, 0.25) is 5.91 Å². The van der Waals surface area contributed by atoms with Crippen LogP contribution in [0.4, 0.5) is 0 Å². The first-order chi connectivity index (χ1) is 8.62. The average Bonchev–Trinajstić information content (AvgIpc) is 3.17. The van der Waals surface area contributed by atoms with E-state index in [9.17, 15) is 4.79 Å². The van der Waals surface area contributed by atoms with Crippen molar-refractivity contribution in [1.29, 1.82) is 0 Å². The van der Waals surface area contributed by atoms with Gasteiger partial charge in [0, 0.05) is 11.1 Å². The summed E-state index contributed by atoms with van der Waals surface area (Å²) in [6.07, 6.45) is 3.82. The van der Waals surface area contributed by atoms with E-state index in [1.54, 1.807) is 0 Å². The maximum Gasteiger partial charge on any atom is 0.230 e. The standard InChI is InChI=1S/C15H20ClNO/c1-3-13(4-2)17-14(18)15(8-9-15)11-6-5-7-12(16)10-11/h5-7,10,13H,3-4,8-9H2,1-2H3,(H,17,18). The highest BCUT2D eigenvalue weighted by atomic mass is 35.5. The fourth-order valence-corrected chi connectivity index (χ4v) is 2.56. The van der Waals surface area contributed by atoms with Crippen molar-refractivity contribution in [3.05, 3.63) is 34.9 Å². The van der Waals surface area contributed by atoms with Crippen molar-refractivity contribution in [1.82, 2.24) is 5.32 Å². The highest BCUT2D eigenvalue weighted by molar-refractivity contribution is 6.30. The minimum atomic E-state index is -0.312. The Labute approximate surface area is 114 Å². The Morgan fingerprint density at radius 3 is 2.56 bits per heavy atom. The zero-order valence-corrected chi connectivity index (χ0v) is 11.8. The topological polar surface area (TPSA) is 29.1 Å². The van der Waals surface area contributed by atoms with Crippen LogP contribution in [-0.2, 0) is 10.2 Å². The van der Waals surface area contributed by atoms with Crippen LogP contribution in [0.15, 0.2) is 24.3 Å². The van der Waals surface area contributed by atoms with Gasteiger partial charge in [-0.1, -0.05) is 37.6 Å². The minimum Gasteiger partial charge on any atom is -0.353 e. The first-order valence-corrected chi connectivity index (χ1v) is 7.07. The average molecular weight is 266 g/mol. The molecule has 0 atom stereocenters. The number of benzene rings is 1. The summed E-state index contributed by atoms with van der Waals surface area (Å²) >= 11 is 6.01. The Kier molecular flexibility index (Phi) is 3.96. The molecular weight excluding hydrogens is 246 g/mol. The van der Waals surface area contributed by atoms with Crippen LogP contribution in [0, 0.1) is 0 Å².